The van der Waals surface area contributed by atoms with Gasteiger partial charge in [-0.25, -0.2) is 0 Å². The van der Waals surface area contributed by atoms with Gasteiger partial charge in [0.05, 0.1) is 17.4 Å². The minimum atomic E-state index is 0.0688. The summed E-state index contributed by atoms with van der Waals surface area (Å²) < 4.78 is 1.11. The van der Waals surface area contributed by atoms with Crippen LogP contribution in [0, 0.1) is 0 Å². The lowest BCUT2D eigenvalue weighted by Gasteiger charge is -1.94. The number of anilines is 1. The zero-order valence-corrected chi connectivity index (χ0v) is 8.19. The second-order valence-corrected chi connectivity index (χ2v) is 4.59. The van der Waals surface area contributed by atoms with Gasteiger partial charge in [0.25, 0.3) is 0 Å². The van der Waals surface area contributed by atoms with Crippen molar-refractivity contribution in [2.75, 3.05) is 5.32 Å². The third kappa shape index (κ3) is 1.38. The quantitative estimate of drug-likeness (QED) is 0.522. The zero-order chi connectivity index (χ0) is 7.84. The Morgan fingerprint density at radius 1 is 1.55 bits per heavy atom. The first-order valence-electron chi connectivity index (χ1n) is 3.28. The lowest BCUT2D eigenvalue weighted by atomic mass is 10.3. The standard InChI is InChI=1S/C7H7BrN2S/c8-4-1-2-5-6(3-4)11-7(9)10-5/h1-3,7,10H,9H2/p+1. The number of nitrogens with one attached hydrogen (secondary N) is 1. The molecular weight excluding hydrogens is 224 g/mol. The smallest absolute Gasteiger partial charge is 0.245 e. The minimum absolute atomic E-state index is 0.0688. The molecule has 1 heterocycles. The van der Waals surface area contributed by atoms with Gasteiger partial charge in [-0.05, 0) is 12.1 Å². The molecule has 1 aliphatic heterocycles. The van der Waals surface area contributed by atoms with Crippen LogP contribution in [0.3, 0.4) is 0 Å². The van der Waals surface area contributed by atoms with Crippen LogP contribution in [0.25, 0.3) is 0 Å². The van der Waals surface area contributed by atoms with Crippen molar-refractivity contribution >= 4 is 33.4 Å². The van der Waals surface area contributed by atoms with E-state index in [1.807, 2.05) is 12.1 Å². The van der Waals surface area contributed by atoms with Crippen LogP contribution >= 0.6 is 15.9 Å². The molecule has 11 heavy (non-hydrogen) atoms. The molecule has 0 saturated carbocycles. The molecule has 0 aromatic heterocycles. The summed E-state index contributed by atoms with van der Waals surface area (Å²) in [4.78, 5) is 1.27. The molecule has 0 amide bonds. The third-order valence-electron chi connectivity index (χ3n) is 1.54. The number of benzene rings is 1. The van der Waals surface area contributed by atoms with Crippen molar-refractivity contribution in [3.63, 3.8) is 0 Å². The predicted molar refractivity (Wildman–Crippen MR) is 52.8 cm³/mol. The Bertz CT molecular complexity index is 290. The Kier molecular flexibility index (Phi) is 1.83. The fraction of sp³-hybridized carbons (Fsp3) is 0.143. The molecule has 2 nitrogen and oxygen atoms in total. The molecule has 2 rings (SSSR count). The van der Waals surface area contributed by atoms with Gasteiger partial charge in [-0.2, -0.15) is 0 Å². The molecule has 3 N–H and O–H groups in total. The lowest BCUT2D eigenvalue weighted by molar-refractivity contribution is 1.08. The summed E-state index contributed by atoms with van der Waals surface area (Å²) in [7, 11) is 0. The van der Waals surface area contributed by atoms with Crippen LogP contribution in [0.15, 0.2) is 27.6 Å². The van der Waals surface area contributed by atoms with Crippen molar-refractivity contribution in [1.29, 1.82) is 0 Å². The van der Waals surface area contributed by atoms with E-state index in [-0.39, 0.29) is 5.50 Å². The van der Waals surface area contributed by atoms with Gasteiger partial charge in [-0.1, -0.05) is 15.9 Å². The first kappa shape index (κ1) is 7.46. The molecule has 1 aromatic rings. The maximum absolute atomic E-state index is 5.70. The molecule has 0 bridgehead atoms. The molecule has 0 saturated heterocycles. The Balaban J connectivity index is 2.43. The van der Waals surface area contributed by atoms with E-state index < -0.39 is 0 Å². The van der Waals surface area contributed by atoms with E-state index in [1.54, 1.807) is 0 Å². The molecule has 0 fully saturated rings. The first-order valence-corrected chi connectivity index (χ1v) is 5.04. The summed E-state index contributed by atoms with van der Waals surface area (Å²) in [6.07, 6.45) is 0. The van der Waals surface area contributed by atoms with Crippen LogP contribution in [0.4, 0.5) is 5.69 Å². The van der Waals surface area contributed by atoms with E-state index in [2.05, 4.69) is 27.3 Å². The molecule has 0 aliphatic carbocycles. The molecule has 1 unspecified atom stereocenters. The largest absolute Gasteiger partial charge is 0.324 e. The summed E-state index contributed by atoms with van der Waals surface area (Å²) in [6.45, 7) is 0. The minimum Gasteiger partial charge on any atom is -0.324 e. The Labute approximate surface area is 77.7 Å². The van der Waals surface area contributed by atoms with Crippen LogP contribution in [-0.2, 0) is 11.8 Å². The Morgan fingerprint density at radius 3 is 3.18 bits per heavy atom. The first-order chi connectivity index (χ1) is 5.25. The van der Waals surface area contributed by atoms with Crippen molar-refractivity contribution in [3.05, 3.63) is 22.7 Å². The van der Waals surface area contributed by atoms with Crippen molar-refractivity contribution in [2.24, 2.45) is 5.73 Å². The highest BCUT2D eigenvalue weighted by Crippen LogP contribution is 2.28. The number of rotatable bonds is 0. The lowest BCUT2D eigenvalue weighted by Crippen LogP contribution is -2.25. The Morgan fingerprint density at radius 2 is 2.36 bits per heavy atom. The molecule has 0 spiro atoms. The van der Waals surface area contributed by atoms with E-state index in [9.17, 15) is 0 Å². The molecule has 1 aliphatic rings. The van der Waals surface area contributed by atoms with Gasteiger partial charge < -0.3 is 5.32 Å². The number of hydrogen-bond donors (Lipinski definition) is 2. The number of hydrogen-bond acceptors (Lipinski definition) is 2. The second-order valence-electron chi connectivity index (χ2n) is 2.38. The van der Waals surface area contributed by atoms with Crippen molar-refractivity contribution in [2.45, 2.75) is 10.4 Å². The van der Waals surface area contributed by atoms with Crippen LogP contribution in [-0.4, -0.2) is 5.50 Å². The average molecular weight is 232 g/mol. The van der Waals surface area contributed by atoms with E-state index >= 15 is 0 Å². The maximum atomic E-state index is 5.70. The number of nitrogens with two attached hydrogens (primary N) is 1. The monoisotopic (exact) mass is 231 g/mol. The van der Waals surface area contributed by atoms with E-state index in [1.165, 1.54) is 4.90 Å². The number of halogens is 1. The second kappa shape index (κ2) is 2.69. The summed E-state index contributed by atoms with van der Waals surface area (Å²) in [5, 5.41) is 3.17. The van der Waals surface area contributed by atoms with Gasteiger partial charge in [-0.3, -0.25) is 5.73 Å². The van der Waals surface area contributed by atoms with E-state index in [4.69, 9.17) is 5.73 Å². The van der Waals surface area contributed by atoms with Gasteiger partial charge in [0.1, 0.15) is 0 Å². The van der Waals surface area contributed by atoms with Crippen molar-refractivity contribution in [1.82, 2.24) is 0 Å². The zero-order valence-electron chi connectivity index (χ0n) is 5.71. The highest BCUT2D eigenvalue weighted by atomic mass is 79.9. The predicted octanol–water partition coefficient (Wildman–Crippen LogP) is 1.29. The fourth-order valence-electron chi connectivity index (χ4n) is 1.08. The number of thiol groups is 1. The normalized spacial score (nSPS) is 21.1. The maximum Gasteiger partial charge on any atom is 0.245 e. The van der Waals surface area contributed by atoms with Gasteiger partial charge in [0, 0.05) is 10.5 Å². The van der Waals surface area contributed by atoms with Crippen LogP contribution < -0.4 is 11.1 Å². The van der Waals surface area contributed by atoms with E-state index in [0.717, 1.165) is 21.9 Å². The third-order valence-corrected chi connectivity index (χ3v) is 3.09. The van der Waals surface area contributed by atoms with Crippen LogP contribution in [0.1, 0.15) is 0 Å². The molecule has 0 radical (unpaired) electrons. The summed E-state index contributed by atoms with van der Waals surface area (Å²) >= 11 is 4.58. The molecule has 4 heteroatoms. The van der Waals surface area contributed by atoms with Crippen LogP contribution in [0.5, 0.6) is 0 Å². The van der Waals surface area contributed by atoms with Crippen molar-refractivity contribution < 1.29 is 0 Å². The summed E-state index contributed by atoms with van der Waals surface area (Å²) in [6, 6.07) is 6.15. The Hall–Kier alpha value is -0.190. The van der Waals surface area contributed by atoms with Crippen molar-refractivity contribution in [3.8, 4) is 0 Å². The van der Waals surface area contributed by atoms with E-state index in [0.29, 0.717) is 0 Å². The van der Waals surface area contributed by atoms with Gasteiger partial charge in [0.2, 0.25) is 5.50 Å². The van der Waals surface area contributed by atoms with Gasteiger partial charge >= 0.3 is 0 Å². The summed E-state index contributed by atoms with van der Waals surface area (Å²) in [5.74, 6) is 0. The topological polar surface area (TPSA) is 38.0 Å². The molecular formula is C7H8BrN2S+. The van der Waals surface area contributed by atoms with Gasteiger partial charge in [-0.15, -0.1) is 0 Å². The highest BCUT2D eigenvalue weighted by Gasteiger charge is 2.25. The summed E-state index contributed by atoms with van der Waals surface area (Å²) in [5.41, 5.74) is 6.92. The SMILES string of the molecule is NC1Nc2ccc(Br)cc2[SH+]1. The molecule has 58 valence electrons. The average Bonchev–Trinajstić information content (AvgIpc) is 2.27. The molecule has 1 atom stereocenters. The van der Waals surface area contributed by atoms with Gasteiger partial charge in [0.15, 0.2) is 4.90 Å². The molecule has 1 aromatic carbocycles. The van der Waals surface area contributed by atoms with Crippen LogP contribution in [0.2, 0.25) is 0 Å². The fourth-order valence-corrected chi connectivity index (χ4v) is 2.61. The number of fused-ring (bicyclic) bond motifs is 1. The highest BCUT2D eigenvalue weighted by molar-refractivity contribution is 9.10.